The Balaban J connectivity index is 1.84. The first-order chi connectivity index (χ1) is 12.1. The maximum absolute atomic E-state index is 11.9. The summed E-state index contributed by atoms with van der Waals surface area (Å²) in [6.45, 7) is 0. The van der Waals surface area contributed by atoms with Gasteiger partial charge in [0, 0.05) is 16.0 Å². The van der Waals surface area contributed by atoms with Crippen LogP contribution in [0.25, 0.3) is 34.1 Å². The van der Waals surface area contributed by atoms with Crippen LogP contribution in [0.2, 0.25) is 5.02 Å². The standard InChI is InChI=1S/C18H11ClN2O4/c1-23-13-5-6-14-11(8-13)9-15(24-14)17-21-18(22)20-16(25-17)10-3-2-4-12(19)7-10/h2-9H,1H3. The van der Waals surface area contributed by atoms with E-state index >= 15 is 0 Å². The molecule has 0 fully saturated rings. The average molecular weight is 355 g/mol. The lowest BCUT2D eigenvalue weighted by molar-refractivity contribution is 0.415. The van der Waals surface area contributed by atoms with Crippen LogP contribution in [-0.4, -0.2) is 17.1 Å². The Morgan fingerprint density at radius 1 is 1.00 bits per heavy atom. The first-order valence-electron chi connectivity index (χ1n) is 7.35. The summed E-state index contributed by atoms with van der Waals surface area (Å²) in [4.78, 5) is 19.5. The summed E-state index contributed by atoms with van der Waals surface area (Å²) in [7, 11) is 1.59. The van der Waals surface area contributed by atoms with Gasteiger partial charge in [0.1, 0.15) is 11.3 Å². The number of benzene rings is 2. The van der Waals surface area contributed by atoms with Gasteiger partial charge in [0.15, 0.2) is 5.76 Å². The van der Waals surface area contributed by atoms with E-state index in [4.69, 9.17) is 25.2 Å². The van der Waals surface area contributed by atoms with Crippen molar-refractivity contribution in [2.45, 2.75) is 0 Å². The number of ether oxygens (including phenoxy) is 1. The Hall–Kier alpha value is -3.12. The molecule has 2 aromatic carbocycles. The van der Waals surface area contributed by atoms with Crippen LogP contribution >= 0.6 is 11.6 Å². The van der Waals surface area contributed by atoms with Crippen LogP contribution in [0, 0.1) is 0 Å². The van der Waals surface area contributed by atoms with Crippen molar-refractivity contribution in [2.75, 3.05) is 7.11 Å². The van der Waals surface area contributed by atoms with Crippen molar-refractivity contribution in [2.24, 2.45) is 0 Å². The van der Waals surface area contributed by atoms with E-state index in [0.29, 0.717) is 27.7 Å². The highest BCUT2D eigenvalue weighted by Crippen LogP contribution is 2.30. The minimum absolute atomic E-state index is 0.0464. The summed E-state index contributed by atoms with van der Waals surface area (Å²) in [5.41, 5.74) is 0.529. The zero-order chi connectivity index (χ0) is 17.4. The number of furan rings is 1. The van der Waals surface area contributed by atoms with Crippen molar-refractivity contribution in [1.29, 1.82) is 0 Å². The number of hydrogen-bond acceptors (Lipinski definition) is 6. The molecular formula is C18H11ClN2O4. The number of methoxy groups -OCH3 is 1. The van der Waals surface area contributed by atoms with E-state index < -0.39 is 5.69 Å². The van der Waals surface area contributed by atoms with Crippen molar-refractivity contribution in [3.05, 3.63) is 64.0 Å². The molecule has 0 unspecified atom stereocenters. The van der Waals surface area contributed by atoms with E-state index in [1.165, 1.54) is 0 Å². The van der Waals surface area contributed by atoms with E-state index in [2.05, 4.69) is 9.97 Å². The lowest BCUT2D eigenvalue weighted by atomic mass is 10.2. The molecule has 0 aliphatic carbocycles. The fraction of sp³-hybridized carbons (Fsp3) is 0.0556. The number of fused-ring (bicyclic) bond motifs is 1. The molecule has 0 bridgehead atoms. The highest BCUT2D eigenvalue weighted by Gasteiger charge is 2.15. The second-order valence-corrected chi connectivity index (χ2v) is 5.68. The Morgan fingerprint density at radius 2 is 1.84 bits per heavy atom. The molecule has 6 nitrogen and oxygen atoms in total. The van der Waals surface area contributed by atoms with E-state index in [0.717, 1.165) is 5.39 Å². The van der Waals surface area contributed by atoms with Crippen LogP contribution < -0.4 is 10.4 Å². The highest BCUT2D eigenvalue weighted by atomic mass is 35.5. The van der Waals surface area contributed by atoms with Gasteiger partial charge in [-0.3, -0.25) is 0 Å². The molecule has 25 heavy (non-hydrogen) atoms. The predicted molar refractivity (Wildman–Crippen MR) is 92.8 cm³/mol. The summed E-state index contributed by atoms with van der Waals surface area (Å²) >= 11 is 5.98. The Labute approximate surface area is 146 Å². The third kappa shape index (κ3) is 2.99. The highest BCUT2D eigenvalue weighted by molar-refractivity contribution is 6.30. The van der Waals surface area contributed by atoms with Gasteiger partial charge in [-0.05, 0) is 42.5 Å². The van der Waals surface area contributed by atoms with Crippen molar-refractivity contribution >= 4 is 22.6 Å². The molecule has 2 heterocycles. The van der Waals surface area contributed by atoms with Gasteiger partial charge in [-0.2, -0.15) is 9.97 Å². The summed E-state index contributed by atoms with van der Waals surface area (Å²) < 4.78 is 16.6. The smallest absolute Gasteiger partial charge is 0.373 e. The molecule has 0 aliphatic rings. The van der Waals surface area contributed by atoms with Crippen molar-refractivity contribution < 1.29 is 13.6 Å². The summed E-state index contributed by atoms with van der Waals surface area (Å²) in [6.07, 6.45) is 0. The van der Waals surface area contributed by atoms with Crippen molar-refractivity contribution in [3.63, 3.8) is 0 Å². The quantitative estimate of drug-likeness (QED) is 0.549. The third-order valence-electron chi connectivity index (χ3n) is 3.59. The van der Waals surface area contributed by atoms with Crippen molar-refractivity contribution in [3.8, 4) is 28.9 Å². The van der Waals surface area contributed by atoms with E-state index in [1.807, 2.05) is 6.07 Å². The Kier molecular flexibility index (Phi) is 3.74. The number of nitrogens with zero attached hydrogens (tertiary/aromatic N) is 2. The average Bonchev–Trinajstić information content (AvgIpc) is 3.04. The molecule has 0 aliphatic heterocycles. The number of halogens is 1. The first-order valence-corrected chi connectivity index (χ1v) is 7.73. The van der Waals surface area contributed by atoms with Crippen molar-refractivity contribution in [1.82, 2.24) is 9.97 Å². The second-order valence-electron chi connectivity index (χ2n) is 5.24. The third-order valence-corrected chi connectivity index (χ3v) is 3.83. The molecule has 0 amide bonds. The molecule has 0 saturated carbocycles. The molecule has 2 aromatic heterocycles. The van der Waals surface area contributed by atoms with Gasteiger partial charge < -0.3 is 13.6 Å². The van der Waals surface area contributed by atoms with Crippen LogP contribution in [0.1, 0.15) is 0 Å². The van der Waals surface area contributed by atoms with Gasteiger partial charge in [-0.1, -0.05) is 17.7 Å². The van der Waals surface area contributed by atoms with E-state index in [-0.39, 0.29) is 11.8 Å². The van der Waals surface area contributed by atoms with Crippen LogP contribution in [-0.2, 0) is 0 Å². The lowest BCUT2D eigenvalue weighted by Crippen LogP contribution is -2.11. The Bertz CT molecular complexity index is 1130. The lowest BCUT2D eigenvalue weighted by Gasteiger charge is -2.01. The van der Waals surface area contributed by atoms with Gasteiger partial charge in [0.05, 0.1) is 7.11 Å². The molecular weight excluding hydrogens is 344 g/mol. The Morgan fingerprint density at radius 3 is 2.64 bits per heavy atom. The van der Waals surface area contributed by atoms with Crippen LogP contribution in [0.4, 0.5) is 0 Å². The maximum Gasteiger partial charge on any atom is 0.373 e. The topological polar surface area (TPSA) is 78.4 Å². The minimum atomic E-state index is -0.672. The largest absolute Gasteiger partial charge is 0.497 e. The predicted octanol–water partition coefficient (Wildman–Crippen LogP) is 4.17. The molecule has 0 radical (unpaired) electrons. The van der Waals surface area contributed by atoms with E-state index in [1.54, 1.807) is 49.6 Å². The van der Waals surface area contributed by atoms with Gasteiger partial charge in [-0.25, -0.2) is 4.79 Å². The fourth-order valence-electron chi connectivity index (χ4n) is 2.44. The SMILES string of the molecule is COc1ccc2oc(-c3nc(=O)nc(-c4cccc(Cl)c4)o3)cc2c1. The number of aromatic nitrogens is 2. The molecule has 7 heteroatoms. The zero-order valence-electron chi connectivity index (χ0n) is 13.0. The van der Waals surface area contributed by atoms with Gasteiger partial charge in [0.2, 0.25) is 5.89 Å². The minimum Gasteiger partial charge on any atom is -0.497 e. The molecule has 0 spiro atoms. The normalized spacial score (nSPS) is 11.0. The number of hydrogen-bond donors (Lipinski definition) is 0. The van der Waals surface area contributed by atoms with Crippen LogP contribution in [0.5, 0.6) is 5.75 Å². The molecule has 0 atom stereocenters. The molecule has 0 saturated heterocycles. The van der Waals surface area contributed by atoms with Crippen LogP contribution in [0.3, 0.4) is 0 Å². The van der Waals surface area contributed by atoms with Gasteiger partial charge in [0.25, 0.3) is 5.89 Å². The summed E-state index contributed by atoms with van der Waals surface area (Å²) in [5.74, 6) is 1.19. The second kappa shape index (κ2) is 6.07. The molecule has 0 N–H and O–H groups in total. The molecule has 4 aromatic rings. The van der Waals surface area contributed by atoms with E-state index in [9.17, 15) is 4.79 Å². The maximum atomic E-state index is 11.9. The fourth-order valence-corrected chi connectivity index (χ4v) is 2.63. The summed E-state index contributed by atoms with van der Waals surface area (Å²) in [6, 6.07) is 14.0. The van der Waals surface area contributed by atoms with Gasteiger partial charge >= 0.3 is 5.69 Å². The summed E-state index contributed by atoms with van der Waals surface area (Å²) in [5, 5.41) is 1.32. The monoisotopic (exact) mass is 354 g/mol. The van der Waals surface area contributed by atoms with Gasteiger partial charge in [-0.15, -0.1) is 0 Å². The zero-order valence-corrected chi connectivity index (χ0v) is 13.8. The first kappa shape index (κ1) is 15.4. The molecule has 4 rings (SSSR count). The van der Waals surface area contributed by atoms with Crippen LogP contribution in [0.15, 0.2) is 62.2 Å². The number of rotatable bonds is 3. The molecule has 124 valence electrons.